The summed E-state index contributed by atoms with van der Waals surface area (Å²) >= 11 is 2.05. The Kier molecular flexibility index (Phi) is 4.57. The maximum atomic E-state index is 5.52. The minimum absolute atomic E-state index is 0.462. The fourth-order valence-electron chi connectivity index (χ4n) is 2.81. The summed E-state index contributed by atoms with van der Waals surface area (Å²) < 4.78 is 5.52. The molecule has 0 radical (unpaired) electrons. The lowest BCUT2D eigenvalue weighted by molar-refractivity contribution is 0.407. The van der Waals surface area contributed by atoms with Crippen molar-refractivity contribution >= 4 is 11.8 Å². The summed E-state index contributed by atoms with van der Waals surface area (Å²) in [7, 11) is 1.77. The van der Waals surface area contributed by atoms with Crippen LogP contribution in [0.1, 0.15) is 43.0 Å². The molecule has 1 aromatic carbocycles. The molecule has 2 atom stereocenters. The number of ether oxygens (including phenoxy) is 1. The molecular weight excluding hydrogens is 242 g/mol. The Bertz CT molecular complexity index is 419. The van der Waals surface area contributed by atoms with Gasteiger partial charge >= 0.3 is 0 Å². The molecule has 3 heteroatoms. The lowest BCUT2D eigenvalue weighted by Gasteiger charge is -2.35. The largest absolute Gasteiger partial charge is 0.496 e. The number of hydrogen-bond acceptors (Lipinski definition) is 3. The first-order chi connectivity index (χ1) is 8.72. The molecule has 0 saturated carbocycles. The fraction of sp³-hybridized carbons (Fsp3) is 0.600. The van der Waals surface area contributed by atoms with Gasteiger partial charge in [0.1, 0.15) is 5.75 Å². The third-order valence-electron chi connectivity index (χ3n) is 3.70. The summed E-state index contributed by atoms with van der Waals surface area (Å²) in [4.78, 5) is 0. The number of nitrogens with one attached hydrogen (secondary N) is 1. The minimum atomic E-state index is 0.462. The minimum Gasteiger partial charge on any atom is -0.496 e. The number of aryl methyl sites for hydroxylation is 1. The van der Waals surface area contributed by atoms with Gasteiger partial charge in [0.15, 0.2) is 0 Å². The van der Waals surface area contributed by atoms with Crippen LogP contribution in [0.4, 0.5) is 0 Å². The molecule has 0 aliphatic carbocycles. The van der Waals surface area contributed by atoms with E-state index in [9.17, 15) is 0 Å². The van der Waals surface area contributed by atoms with E-state index in [1.165, 1.54) is 23.1 Å². The van der Waals surface area contributed by atoms with Crippen molar-refractivity contribution < 1.29 is 4.74 Å². The highest BCUT2D eigenvalue weighted by Gasteiger charge is 2.31. The van der Waals surface area contributed by atoms with Crippen LogP contribution in [-0.2, 0) is 5.75 Å². The monoisotopic (exact) mass is 265 g/mol. The Labute approximate surface area is 114 Å². The Morgan fingerprint density at radius 1 is 1.39 bits per heavy atom. The topological polar surface area (TPSA) is 21.3 Å². The number of methoxy groups -OCH3 is 1. The normalized spacial score (nSPS) is 22.7. The van der Waals surface area contributed by atoms with Gasteiger partial charge in [0.25, 0.3) is 0 Å². The van der Waals surface area contributed by atoms with Crippen molar-refractivity contribution in [3.05, 3.63) is 28.8 Å². The molecule has 1 aliphatic heterocycles. The lowest BCUT2D eigenvalue weighted by Crippen LogP contribution is -2.34. The summed E-state index contributed by atoms with van der Waals surface area (Å²) in [5, 5.41) is 4.33. The molecule has 0 saturated heterocycles. The highest BCUT2D eigenvalue weighted by atomic mass is 32.2. The Morgan fingerprint density at radius 3 is 2.78 bits per heavy atom. The van der Waals surface area contributed by atoms with Crippen LogP contribution in [0.15, 0.2) is 12.1 Å². The lowest BCUT2D eigenvalue weighted by atomic mass is 9.91. The summed E-state index contributed by atoms with van der Waals surface area (Å²) in [5.74, 6) is 2.11. The SMILES string of the molecule is CCNC1c2c(C)ccc(OC)c2CSC1CC. The first-order valence-electron chi connectivity index (χ1n) is 6.74. The van der Waals surface area contributed by atoms with Crippen LogP contribution in [0.2, 0.25) is 0 Å². The van der Waals surface area contributed by atoms with Crippen molar-refractivity contribution in [2.24, 2.45) is 0 Å². The average Bonchev–Trinajstić information content (AvgIpc) is 2.39. The van der Waals surface area contributed by atoms with Gasteiger partial charge in [0.2, 0.25) is 0 Å². The molecule has 0 bridgehead atoms. The van der Waals surface area contributed by atoms with Crippen molar-refractivity contribution in [2.75, 3.05) is 13.7 Å². The number of benzene rings is 1. The van der Waals surface area contributed by atoms with Crippen LogP contribution in [0.25, 0.3) is 0 Å². The van der Waals surface area contributed by atoms with E-state index in [1.807, 2.05) is 11.8 Å². The van der Waals surface area contributed by atoms with Gasteiger partial charge < -0.3 is 10.1 Å². The van der Waals surface area contributed by atoms with Gasteiger partial charge in [0, 0.05) is 22.6 Å². The zero-order valence-electron chi connectivity index (χ0n) is 11.7. The van der Waals surface area contributed by atoms with Crippen LogP contribution in [0.5, 0.6) is 5.75 Å². The van der Waals surface area contributed by atoms with Gasteiger partial charge in [-0.2, -0.15) is 11.8 Å². The van der Waals surface area contributed by atoms with Crippen molar-refractivity contribution in [1.82, 2.24) is 5.32 Å². The number of hydrogen-bond donors (Lipinski definition) is 1. The Morgan fingerprint density at radius 2 is 2.17 bits per heavy atom. The van der Waals surface area contributed by atoms with E-state index in [1.54, 1.807) is 7.11 Å². The van der Waals surface area contributed by atoms with E-state index in [-0.39, 0.29) is 0 Å². The second kappa shape index (κ2) is 5.98. The standard InChI is InChI=1S/C15H23NOS/c1-5-13-15(16-6-2)14-10(3)7-8-12(17-4)11(14)9-18-13/h7-8,13,15-16H,5-6,9H2,1-4H3. The zero-order valence-corrected chi connectivity index (χ0v) is 12.6. The van der Waals surface area contributed by atoms with Crippen molar-refractivity contribution in [1.29, 1.82) is 0 Å². The predicted octanol–water partition coefficient (Wildman–Crippen LogP) is 3.68. The number of fused-ring (bicyclic) bond motifs is 1. The second-order valence-corrected chi connectivity index (χ2v) is 6.00. The quantitative estimate of drug-likeness (QED) is 0.897. The molecular formula is C15H23NOS. The van der Waals surface area contributed by atoms with Crippen LogP contribution < -0.4 is 10.1 Å². The Balaban J connectivity index is 2.48. The summed E-state index contributed by atoms with van der Waals surface area (Å²) in [6.07, 6.45) is 1.21. The molecule has 2 nitrogen and oxygen atoms in total. The smallest absolute Gasteiger partial charge is 0.123 e. The molecule has 2 rings (SSSR count). The average molecular weight is 265 g/mol. The summed E-state index contributed by atoms with van der Waals surface area (Å²) in [6.45, 7) is 7.69. The van der Waals surface area contributed by atoms with E-state index in [0.29, 0.717) is 11.3 Å². The third-order valence-corrected chi connectivity index (χ3v) is 5.19. The van der Waals surface area contributed by atoms with Crippen LogP contribution in [0, 0.1) is 6.92 Å². The molecule has 0 spiro atoms. The second-order valence-electron chi connectivity index (χ2n) is 4.77. The molecule has 2 unspecified atom stereocenters. The number of rotatable bonds is 4. The van der Waals surface area contributed by atoms with Crippen molar-refractivity contribution in [3.63, 3.8) is 0 Å². The van der Waals surface area contributed by atoms with Crippen molar-refractivity contribution in [2.45, 2.75) is 44.2 Å². The molecule has 1 aromatic rings. The molecule has 0 amide bonds. The molecule has 1 N–H and O–H groups in total. The maximum Gasteiger partial charge on any atom is 0.123 e. The van der Waals surface area contributed by atoms with Gasteiger partial charge in [-0.1, -0.05) is 19.9 Å². The summed E-state index contributed by atoms with van der Waals surface area (Å²) in [6, 6.07) is 4.75. The molecule has 0 aromatic heterocycles. The highest BCUT2D eigenvalue weighted by molar-refractivity contribution is 7.99. The van der Waals surface area contributed by atoms with E-state index >= 15 is 0 Å². The third kappa shape index (κ3) is 2.39. The maximum absolute atomic E-state index is 5.52. The summed E-state index contributed by atoms with van der Waals surface area (Å²) in [5.41, 5.74) is 4.25. The molecule has 18 heavy (non-hydrogen) atoms. The van der Waals surface area contributed by atoms with Gasteiger partial charge in [-0.3, -0.25) is 0 Å². The zero-order chi connectivity index (χ0) is 13.1. The van der Waals surface area contributed by atoms with Gasteiger partial charge in [0.05, 0.1) is 7.11 Å². The van der Waals surface area contributed by atoms with E-state index < -0.39 is 0 Å². The first kappa shape index (κ1) is 13.8. The molecule has 100 valence electrons. The van der Waals surface area contributed by atoms with Crippen LogP contribution >= 0.6 is 11.8 Å². The molecule has 0 fully saturated rings. The van der Waals surface area contributed by atoms with E-state index in [2.05, 4.69) is 38.2 Å². The van der Waals surface area contributed by atoms with Gasteiger partial charge in [-0.05, 0) is 37.1 Å². The van der Waals surface area contributed by atoms with E-state index in [4.69, 9.17) is 4.74 Å². The van der Waals surface area contributed by atoms with Crippen LogP contribution in [-0.4, -0.2) is 18.9 Å². The molecule has 1 heterocycles. The van der Waals surface area contributed by atoms with E-state index in [0.717, 1.165) is 18.0 Å². The van der Waals surface area contributed by atoms with Crippen LogP contribution in [0.3, 0.4) is 0 Å². The molecule has 1 aliphatic rings. The first-order valence-corrected chi connectivity index (χ1v) is 7.79. The van der Waals surface area contributed by atoms with Crippen molar-refractivity contribution in [3.8, 4) is 5.75 Å². The van der Waals surface area contributed by atoms with Gasteiger partial charge in [-0.15, -0.1) is 0 Å². The van der Waals surface area contributed by atoms with Gasteiger partial charge in [-0.25, -0.2) is 0 Å². The predicted molar refractivity (Wildman–Crippen MR) is 79.5 cm³/mol. The Hall–Kier alpha value is -0.670. The highest BCUT2D eigenvalue weighted by Crippen LogP contribution is 2.44. The fourth-order valence-corrected chi connectivity index (χ4v) is 4.15. The number of thioether (sulfide) groups is 1.